The quantitative estimate of drug-likeness (QED) is 0.595. The van der Waals surface area contributed by atoms with Crippen molar-refractivity contribution in [3.8, 4) is 0 Å². The van der Waals surface area contributed by atoms with Crippen LogP contribution in [0, 0.1) is 10.1 Å². The number of rotatable bonds is 4. The average molecular weight is 209 g/mol. The van der Waals surface area contributed by atoms with Crippen molar-refractivity contribution in [2.75, 3.05) is 6.54 Å². The molecule has 0 aliphatic heterocycles. The molecule has 0 aromatic carbocycles. The second kappa shape index (κ2) is 5.04. The largest absolute Gasteiger partial charge is 0.352 e. The molecule has 0 atom stereocenters. The fraction of sp³-hybridized carbons (Fsp3) is 0.333. The number of pyridine rings is 1. The Bertz CT molecular complexity index is 379. The van der Waals surface area contributed by atoms with Crippen LogP contribution >= 0.6 is 0 Å². The summed E-state index contributed by atoms with van der Waals surface area (Å²) >= 11 is 0. The van der Waals surface area contributed by atoms with Crippen LogP contribution in [0.25, 0.3) is 0 Å². The van der Waals surface area contributed by atoms with Gasteiger partial charge in [0.25, 0.3) is 11.6 Å². The number of carbonyl (C=O) groups is 1. The Morgan fingerprint density at radius 1 is 1.67 bits per heavy atom. The molecule has 6 heteroatoms. The van der Waals surface area contributed by atoms with Gasteiger partial charge >= 0.3 is 0 Å². The molecule has 1 amide bonds. The van der Waals surface area contributed by atoms with Gasteiger partial charge in [0.15, 0.2) is 0 Å². The molecule has 15 heavy (non-hydrogen) atoms. The molecule has 1 heterocycles. The SMILES string of the molecule is CCCNC(=O)c1ccncc1[N+](=O)[O-]. The van der Waals surface area contributed by atoms with Gasteiger partial charge in [-0.3, -0.25) is 19.9 Å². The molecule has 1 N–H and O–H groups in total. The number of hydrogen-bond acceptors (Lipinski definition) is 4. The number of nitrogens with zero attached hydrogens (tertiary/aromatic N) is 2. The lowest BCUT2D eigenvalue weighted by Crippen LogP contribution is -2.24. The standard InChI is InChI=1S/C9H11N3O3/c1-2-4-11-9(13)7-3-5-10-6-8(7)12(14)15/h3,5-6H,2,4H2,1H3,(H,11,13). The first kappa shape index (κ1) is 11.1. The topological polar surface area (TPSA) is 85.1 Å². The summed E-state index contributed by atoms with van der Waals surface area (Å²) in [6.07, 6.45) is 3.21. The number of amides is 1. The number of hydrogen-bond donors (Lipinski definition) is 1. The Hall–Kier alpha value is -1.98. The molecular formula is C9H11N3O3. The highest BCUT2D eigenvalue weighted by Gasteiger charge is 2.18. The number of aromatic nitrogens is 1. The van der Waals surface area contributed by atoms with Crippen LogP contribution in [-0.2, 0) is 0 Å². The van der Waals surface area contributed by atoms with Crippen LogP contribution in [0.3, 0.4) is 0 Å². The van der Waals surface area contributed by atoms with E-state index < -0.39 is 10.8 Å². The minimum Gasteiger partial charge on any atom is -0.352 e. The van der Waals surface area contributed by atoms with Crippen molar-refractivity contribution in [2.24, 2.45) is 0 Å². The van der Waals surface area contributed by atoms with Gasteiger partial charge in [-0.1, -0.05) is 6.92 Å². The van der Waals surface area contributed by atoms with E-state index in [0.29, 0.717) is 6.54 Å². The van der Waals surface area contributed by atoms with Crippen LogP contribution in [0.15, 0.2) is 18.5 Å². The first-order valence-electron chi connectivity index (χ1n) is 4.53. The molecule has 0 unspecified atom stereocenters. The van der Waals surface area contributed by atoms with E-state index in [4.69, 9.17) is 0 Å². The van der Waals surface area contributed by atoms with Crippen LogP contribution < -0.4 is 5.32 Å². The fourth-order valence-corrected chi connectivity index (χ4v) is 1.06. The first-order chi connectivity index (χ1) is 7.16. The van der Waals surface area contributed by atoms with E-state index in [-0.39, 0.29) is 11.3 Å². The van der Waals surface area contributed by atoms with E-state index in [1.165, 1.54) is 12.3 Å². The summed E-state index contributed by atoms with van der Waals surface area (Å²) in [7, 11) is 0. The van der Waals surface area contributed by atoms with E-state index in [2.05, 4.69) is 10.3 Å². The molecular weight excluding hydrogens is 198 g/mol. The van der Waals surface area contributed by atoms with Gasteiger partial charge in [-0.05, 0) is 12.5 Å². The van der Waals surface area contributed by atoms with Gasteiger partial charge in [-0.2, -0.15) is 0 Å². The summed E-state index contributed by atoms with van der Waals surface area (Å²) in [5.41, 5.74) is -0.227. The molecule has 0 bridgehead atoms. The third kappa shape index (κ3) is 2.73. The lowest BCUT2D eigenvalue weighted by Gasteiger charge is -2.03. The Morgan fingerprint density at radius 2 is 2.40 bits per heavy atom. The predicted octanol–water partition coefficient (Wildman–Crippen LogP) is 1.13. The second-order valence-electron chi connectivity index (χ2n) is 2.91. The zero-order chi connectivity index (χ0) is 11.3. The Kier molecular flexibility index (Phi) is 3.73. The molecule has 0 saturated heterocycles. The molecule has 1 aromatic rings. The maximum atomic E-state index is 11.5. The summed E-state index contributed by atoms with van der Waals surface area (Å²) in [5, 5.41) is 13.2. The Morgan fingerprint density at radius 3 is 3.00 bits per heavy atom. The Balaban J connectivity index is 2.92. The van der Waals surface area contributed by atoms with Crippen molar-refractivity contribution >= 4 is 11.6 Å². The monoisotopic (exact) mass is 209 g/mol. The average Bonchev–Trinajstić information content (AvgIpc) is 2.25. The number of nitro groups is 1. The highest BCUT2D eigenvalue weighted by Crippen LogP contribution is 2.15. The molecule has 1 rings (SSSR count). The van der Waals surface area contributed by atoms with Gasteiger partial charge in [0.05, 0.1) is 4.92 Å². The molecule has 0 spiro atoms. The van der Waals surface area contributed by atoms with Crippen molar-refractivity contribution in [2.45, 2.75) is 13.3 Å². The third-order valence-electron chi connectivity index (χ3n) is 1.78. The minimum atomic E-state index is -0.617. The summed E-state index contributed by atoms with van der Waals surface area (Å²) in [6, 6.07) is 1.34. The molecule has 0 radical (unpaired) electrons. The van der Waals surface area contributed by atoms with E-state index in [1.807, 2.05) is 6.92 Å². The zero-order valence-electron chi connectivity index (χ0n) is 8.27. The minimum absolute atomic E-state index is 0.0449. The van der Waals surface area contributed by atoms with E-state index in [9.17, 15) is 14.9 Å². The second-order valence-corrected chi connectivity index (χ2v) is 2.91. The van der Waals surface area contributed by atoms with Crippen molar-refractivity contribution in [3.05, 3.63) is 34.1 Å². The van der Waals surface area contributed by atoms with Crippen molar-refractivity contribution in [3.63, 3.8) is 0 Å². The molecule has 1 aromatic heterocycles. The molecule has 0 fully saturated rings. The predicted molar refractivity (Wildman–Crippen MR) is 53.5 cm³/mol. The molecule has 0 aliphatic rings. The highest BCUT2D eigenvalue weighted by atomic mass is 16.6. The Labute approximate surface area is 86.5 Å². The van der Waals surface area contributed by atoms with Crippen LogP contribution in [0.2, 0.25) is 0 Å². The van der Waals surface area contributed by atoms with Gasteiger partial charge in [0.2, 0.25) is 0 Å². The van der Waals surface area contributed by atoms with Gasteiger partial charge < -0.3 is 5.32 Å². The van der Waals surface area contributed by atoms with Crippen LogP contribution in [0.5, 0.6) is 0 Å². The first-order valence-corrected chi connectivity index (χ1v) is 4.53. The van der Waals surface area contributed by atoms with Crippen molar-refractivity contribution in [1.82, 2.24) is 10.3 Å². The van der Waals surface area contributed by atoms with E-state index >= 15 is 0 Å². The third-order valence-corrected chi connectivity index (χ3v) is 1.78. The van der Waals surface area contributed by atoms with Crippen LogP contribution in [-0.4, -0.2) is 22.4 Å². The van der Waals surface area contributed by atoms with Gasteiger partial charge in [-0.15, -0.1) is 0 Å². The fourth-order valence-electron chi connectivity index (χ4n) is 1.06. The summed E-state index contributed by atoms with van der Waals surface area (Å²) in [5.74, 6) is -0.439. The molecule has 6 nitrogen and oxygen atoms in total. The molecule has 80 valence electrons. The molecule has 0 saturated carbocycles. The van der Waals surface area contributed by atoms with Gasteiger partial charge in [0.1, 0.15) is 11.8 Å². The maximum absolute atomic E-state index is 11.5. The normalized spacial score (nSPS) is 9.67. The van der Waals surface area contributed by atoms with Crippen LogP contribution in [0.1, 0.15) is 23.7 Å². The lowest BCUT2D eigenvalue weighted by molar-refractivity contribution is -0.385. The van der Waals surface area contributed by atoms with Crippen LogP contribution in [0.4, 0.5) is 5.69 Å². The number of nitrogens with one attached hydrogen (secondary N) is 1. The highest BCUT2D eigenvalue weighted by molar-refractivity contribution is 5.97. The molecule has 0 aliphatic carbocycles. The van der Waals surface area contributed by atoms with E-state index in [1.54, 1.807) is 0 Å². The maximum Gasteiger partial charge on any atom is 0.300 e. The van der Waals surface area contributed by atoms with Crippen molar-refractivity contribution < 1.29 is 9.72 Å². The van der Waals surface area contributed by atoms with Gasteiger partial charge in [0, 0.05) is 12.7 Å². The van der Waals surface area contributed by atoms with E-state index in [0.717, 1.165) is 12.6 Å². The summed E-state index contributed by atoms with van der Waals surface area (Å²) in [4.78, 5) is 25.1. The summed E-state index contributed by atoms with van der Waals surface area (Å²) in [6.45, 7) is 2.40. The summed E-state index contributed by atoms with van der Waals surface area (Å²) < 4.78 is 0. The van der Waals surface area contributed by atoms with Gasteiger partial charge in [-0.25, -0.2) is 0 Å². The number of carbonyl (C=O) groups excluding carboxylic acids is 1. The lowest BCUT2D eigenvalue weighted by atomic mass is 10.2. The smallest absolute Gasteiger partial charge is 0.300 e. The van der Waals surface area contributed by atoms with Crippen molar-refractivity contribution in [1.29, 1.82) is 0 Å². The zero-order valence-corrected chi connectivity index (χ0v) is 8.27.